The zero-order valence-corrected chi connectivity index (χ0v) is 16.0. The van der Waals surface area contributed by atoms with Gasteiger partial charge in [0.1, 0.15) is 5.75 Å². The topological polar surface area (TPSA) is 81.8 Å². The number of aliphatic hydroxyl groups is 1. The SMILES string of the molecule is CCn1c(C)cc(O)c([C@@H](c2ccccn2)N2CCN(CCO)CC2)c1=O. The highest BCUT2D eigenvalue weighted by molar-refractivity contribution is 5.39. The number of hydrogen-bond donors (Lipinski definition) is 2. The maximum absolute atomic E-state index is 13.2. The summed E-state index contributed by atoms with van der Waals surface area (Å²) in [7, 11) is 0. The molecule has 1 atom stereocenters. The number of aromatic hydroxyl groups is 1. The summed E-state index contributed by atoms with van der Waals surface area (Å²) in [4.78, 5) is 22.1. The van der Waals surface area contributed by atoms with Crippen LogP contribution in [0.5, 0.6) is 5.75 Å². The van der Waals surface area contributed by atoms with Crippen molar-refractivity contribution in [2.24, 2.45) is 0 Å². The number of rotatable bonds is 6. The van der Waals surface area contributed by atoms with Crippen LogP contribution in [0.2, 0.25) is 0 Å². The van der Waals surface area contributed by atoms with E-state index in [0.29, 0.717) is 18.7 Å². The van der Waals surface area contributed by atoms with Crippen molar-refractivity contribution >= 4 is 0 Å². The predicted molar refractivity (Wildman–Crippen MR) is 104 cm³/mol. The van der Waals surface area contributed by atoms with E-state index in [-0.39, 0.29) is 17.9 Å². The van der Waals surface area contributed by atoms with Gasteiger partial charge >= 0.3 is 0 Å². The zero-order valence-electron chi connectivity index (χ0n) is 16.0. The number of aryl methyl sites for hydroxylation is 1. The summed E-state index contributed by atoms with van der Waals surface area (Å²) in [6.07, 6.45) is 1.72. The first kappa shape index (κ1) is 19.5. The lowest BCUT2D eigenvalue weighted by Gasteiger charge is -2.39. The van der Waals surface area contributed by atoms with Crippen LogP contribution in [0.3, 0.4) is 0 Å². The van der Waals surface area contributed by atoms with Crippen LogP contribution < -0.4 is 5.56 Å². The number of hydrogen-bond acceptors (Lipinski definition) is 6. The first-order valence-electron chi connectivity index (χ1n) is 9.48. The molecule has 2 aromatic rings. The van der Waals surface area contributed by atoms with Crippen molar-refractivity contribution in [1.29, 1.82) is 0 Å². The Labute approximate surface area is 159 Å². The lowest BCUT2D eigenvalue weighted by Crippen LogP contribution is -2.49. The van der Waals surface area contributed by atoms with Gasteiger partial charge in [0.15, 0.2) is 0 Å². The monoisotopic (exact) mass is 372 g/mol. The molecule has 3 heterocycles. The molecular formula is C20H28N4O3. The van der Waals surface area contributed by atoms with Crippen molar-refractivity contribution in [2.75, 3.05) is 39.3 Å². The fraction of sp³-hybridized carbons (Fsp3) is 0.500. The fourth-order valence-corrected chi connectivity index (χ4v) is 3.86. The molecule has 0 aromatic carbocycles. The van der Waals surface area contributed by atoms with Crippen LogP contribution in [-0.4, -0.2) is 68.9 Å². The van der Waals surface area contributed by atoms with E-state index in [1.54, 1.807) is 16.8 Å². The summed E-state index contributed by atoms with van der Waals surface area (Å²) in [6, 6.07) is 6.92. The molecule has 7 nitrogen and oxygen atoms in total. The van der Waals surface area contributed by atoms with E-state index >= 15 is 0 Å². The zero-order chi connectivity index (χ0) is 19.4. The number of nitrogens with zero attached hydrogens (tertiary/aromatic N) is 4. The summed E-state index contributed by atoms with van der Waals surface area (Å²) < 4.78 is 1.69. The Hall–Kier alpha value is -2.22. The smallest absolute Gasteiger partial charge is 0.259 e. The van der Waals surface area contributed by atoms with Gasteiger partial charge in [0, 0.05) is 51.2 Å². The van der Waals surface area contributed by atoms with Crippen LogP contribution in [0.15, 0.2) is 35.3 Å². The van der Waals surface area contributed by atoms with Crippen molar-refractivity contribution in [1.82, 2.24) is 19.4 Å². The van der Waals surface area contributed by atoms with Gasteiger partial charge in [-0.05, 0) is 32.0 Å². The molecule has 0 unspecified atom stereocenters. The second-order valence-electron chi connectivity index (χ2n) is 6.89. The number of aromatic nitrogens is 2. The third-order valence-corrected chi connectivity index (χ3v) is 5.27. The van der Waals surface area contributed by atoms with E-state index in [9.17, 15) is 9.90 Å². The molecule has 0 radical (unpaired) electrons. The number of pyridine rings is 2. The minimum atomic E-state index is -0.395. The van der Waals surface area contributed by atoms with Crippen LogP contribution in [0, 0.1) is 6.92 Å². The Morgan fingerprint density at radius 3 is 2.56 bits per heavy atom. The normalized spacial score (nSPS) is 17.1. The molecule has 146 valence electrons. The Balaban J connectivity index is 2.04. The van der Waals surface area contributed by atoms with Gasteiger partial charge < -0.3 is 14.8 Å². The highest BCUT2D eigenvalue weighted by Crippen LogP contribution is 2.32. The van der Waals surface area contributed by atoms with Gasteiger partial charge in [0.25, 0.3) is 5.56 Å². The summed E-state index contributed by atoms with van der Waals surface area (Å²) in [5.74, 6) is 0.0237. The molecule has 0 saturated carbocycles. The maximum Gasteiger partial charge on any atom is 0.259 e. The Morgan fingerprint density at radius 1 is 1.22 bits per heavy atom. The number of piperazine rings is 1. The molecule has 27 heavy (non-hydrogen) atoms. The average molecular weight is 372 g/mol. The van der Waals surface area contributed by atoms with Gasteiger partial charge in [-0.25, -0.2) is 0 Å². The first-order valence-corrected chi connectivity index (χ1v) is 9.48. The van der Waals surface area contributed by atoms with E-state index < -0.39 is 6.04 Å². The lowest BCUT2D eigenvalue weighted by atomic mass is 10.00. The molecule has 7 heteroatoms. The van der Waals surface area contributed by atoms with Gasteiger partial charge in [-0.2, -0.15) is 0 Å². The first-order chi connectivity index (χ1) is 13.1. The molecule has 0 bridgehead atoms. The summed E-state index contributed by atoms with van der Waals surface area (Å²) in [5, 5.41) is 19.8. The Bertz CT molecular complexity index is 814. The Kier molecular flexibility index (Phi) is 6.26. The Morgan fingerprint density at radius 2 is 1.96 bits per heavy atom. The van der Waals surface area contributed by atoms with Crippen LogP contribution in [0.1, 0.15) is 29.9 Å². The van der Waals surface area contributed by atoms with Crippen LogP contribution in [-0.2, 0) is 6.54 Å². The third-order valence-electron chi connectivity index (χ3n) is 5.27. The van der Waals surface area contributed by atoms with Gasteiger partial charge in [-0.3, -0.25) is 19.6 Å². The maximum atomic E-state index is 13.2. The molecule has 1 saturated heterocycles. The average Bonchev–Trinajstić information content (AvgIpc) is 2.67. The summed E-state index contributed by atoms with van der Waals surface area (Å²) in [6.45, 7) is 8.19. The number of aliphatic hydroxyl groups excluding tert-OH is 1. The predicted octanol–water partition coefficient (Wildman–Crippen LogP) is 0.977. The molecule has 0 amide bonds. The summed E-state index contributed by atoms with van der Waals surface area (Å²) in [5.41, 5.74) is 1.73. The van der Waals surface area contributed by atoms with E-state index in [4.69, 9.17) is 5.11 Å². The molecule has 1 aliphatic rings. The van der Waals surface area contributed by atoms with Gasteiger partial charge in [0.2, 0.25) is 0 Å². The van der Waals surface area contributed by atoms with Crippen LogP contribution in [0.4, 0.5) is 0 Å². The van der Waals surface area contributed by atoms with Crippen LogP contribution in [0.25, 0.3) is 0 Å². The molecule has 0 spiro atoms. The van der Waals surface area contributed by atoms with Crippen molar-refractivity contribution < 1.29 is 10.2 Å². The second kappa shape index (κ2) is 8.65. The van der Waals surface area contributed by atoms with Crippen LogP contribution >= 0.6 is 0 Å². The molecule has 2 N–H and O–H groups in total. The third kappa shape index (κ3) is 4.05. The van der Waals surface area contributed by atoms with E-state index in [1.807, 2.05) is 32.0 Å². The quantitative estimate of drug-likeness (QED) is 0.787. The molecule has 1 aliphatic heterocycles. The van der Waals surface area contributed by atoms with E-state index in [0.717, 1.165) is 37.6 Å². The molecule has 3 rings (SSSR count). The van der Waals surface area contributed by atoms with Gasteiger partial charge in [0.05, 0.1) is 23.9 Å². The molecule has 1 fully saturated rings. The molecule has 0 aliphatic carbocycles. The van der Waals surface area contributed by atoms with Crippen molar-refractivity contribution in [3.05, 3.63) is 57.8 Å². The number of β-amino-alcohol motifs (C(OH)–C–C–N with tert-alkyl or cyclic N) is 1. The van der Waals surface area contributed by atoms with Gasteiger partial charge in [-0.15, -0.1) is 0 Å². The highest BCUT2D eigenvalue weighted by Gasteiger charge is 2.31. The minimum absolute atomic E-state index is 0.0237. The summed E-state index contributed by atoms with van der Waals surface area (Å²) >= 11 is 0. The van der Waals surface area contributed by atoms with Crippen molar-refractivity contribution in [3.8, 4) is 5.75 Å². The molecular weight excluding hydrogens is 344 g/mol. The van der Waals surface area contributed by atoms with Crippen molar-refractivity contribution in [3.63, 3.8) is 0 Å². The lowest BCUT2D eigenvalue weighted by molar-refractivity contribution is 0.0921. The van der Waals surface area contributed by atoms with E-state index in [2.05, 4.69) is 14.8 Å². The largest absolute Gasteiger partial charge is 0.507 e. The van der Waals surface area contributed by atoms with Crippen molar-refractivity contribution in [2.45, 2.75) is 26.4 Å². The van der Waals surface area contributed by atoms with Gasteiger partial charge in [-0.1, -0.05) is 6.07 Å². The fourth-order valence-electron chi connectivity index (χ4n) is 3.86. The van der Waals surface area contributed by atoms with E-state index in [1.165, 1.54) is 0 Å². The standard InChI is InChI=1S/C20H28N4O3/c1-3-24-15(2)14-17(26)18(20(24)27)19(16-6-4-5-7-21-16)23-10-8-22(9-11-23)12-13-25/h4-7,14,19,25-26H,3,8-13H2,1-2H3/t19-/m1/s1. The minimum Gasteiger partial charge on any atom is -0.507 e. The molecule has 2 aromatic heterocycles. The highest BCUT2D eigenvalue weighted by atomic mass is 16.3. The second-order valence-corrected chi connectivity index (χ2v) is 6.89.